The number of nitrogens with zero attached hydrogens (tertiary/aromatic N) is 4. The maximum Gasteiger partial charge on any atom is 0.351 e. The molecule has 15 heteroatoms. The van der Waals surface area contributed by atoms with Crippen LogP contribution in [0.3, 0.4) is 0 Å². The summed E-state index contributed by atoms with van der Waals surface area (Å²) in [5.41, 5.74) is -0.0134. The van der Waals surface area contributed by atoms with Crippen molar-refractivity contribution in [1.29, 1.82) is 5.26 Å². The summed E-state index contributed by atoms with van der Waals surface area (Å²) in [5, 5.41) is 10.8. The molecule has 2 N–H and O–H groups in total. The average molecular weight is 780 g/mol. The second kappa shape index (κ2) is 17.8. The SMILES string of the molecule is Cc1ccccc1C(=O)OC[C@H]1O[C@](n2ccc(NC(=O)c3ccccc3)nc2=O)([Si](C)C)[C@H](OC(C)(C)C)[C@@H]1O[P+](O)(CCC#N)N(C(C)C)C(C)C. The van der Waals surface area contributed by atoms with E-state index >= 15 is 0 Å². The van der Waals surface area contributed by atoms with Crippen LogP contribution in [0, 0.1) is 18.3 Å². The predicted octanol–water partition coefficient (Wildman–Crippen LogP) is 6.36. The van der Waals surface area contributed by atoms with Crippen molar-refractivity contribution in [1.82, 2.24) is 14.2 Å². The molecule has 0 spiro atoms. The highest BCUT2D eigenvalue weighted by Gasteiger charge is 2.66. The van der Waals surface area contributed by atoms with Crippen LogP contribution >= 0.6 is 7.87 Å². The van der Waals surface area contributed by atoms with Crippen LogP contribution in [0.25, 0.3) is 0 Å². The Morgan fingerprint density at radius 1 is 1.09 bits per heavy atom. The average Bonchev–Trinajstić information content (AvgIpc) is 3.38. The number of nitriles is 1. The van der Waals surface area contributed by atoms with E-state index in [1.807, 2.05) is 85.3 Å². The van der Waals surface area contributed by atoms with Gasteiger partial charge in [-0.1, -0.05) is 49.5 Å². The van der Waals surface area contributed by atoms with Crippen molar-refractivity contribution >= 4 is 34.4 Å². The van der Waals surface area contributed by atoms with Crippen LogP contribution in [0.1, 0.15) is 81.2 Å². The fraction of sp³-hybridized carbons (Fsp3) is 0.513. The van der Waals surface area contributed by atoms with Gasteiger partial charge in [0.15, 0.2) is 11.5 Å². The zero-order valence-corrected chi connectivity index (χ0v) is 34.8. The van der Waals surface area contributed by atoms with Crippen molar-refractivity contribution in [2.45, 2.75) is 116 Å². The first-order valence-electron chi connectivity index (χ1n) is 18.1. The standard InChI is InChI=1S/C39H53N5O8PSi/c1-26(2)44(27(3)4)53(48,24-16-22-40)52-33-31(25-49-36(46)30-20-15-14-17-28(30)5)50-39(54(9)10,34(33)51-38(6,7)8)43-23-21-32(42-37(43)47)41-35(45)29-18-12-11-13-19-29/h11-15,17-21,23,26-27,31,33-34,48H,16,24-25H2,1-10H3/p+1/t31-,33-,34-,39+,53?/m1/s1. The Kier molecular flexibility index (Phi) is 14.1. The molecule has 1 aliphatic rings. The molecule has 54 heavy (non-hydrogen) atoms. The Labute approximate surface area is 320 Å². The number of rotatable bonds is 15. The van der Waals surface area contributed by atoms with Crippen molar-refractivity contribution < 1.29 is 33.2 Å². The van der Waals surface area contributed by atoms with Crippen LogP contribution in [-0.2, 0) is 24.1 Å². The second-order valence-corrected chi connectivity index (χ2v) is 20.3. The maximum atomic E-state index is 14.1. The van der Waals surface area contributed by atoms with Crippen LogP contribution in [0.5, 0.6) is 0 Å². The van der Waals surface area contributed by atoms with Gasteiger partial charge in [-0.25, -0.2) is 14.5 Å². The Morgan fingerprint density at radius 3 is 2.28 bits per heavy atom. The van der Waals surface area contributed by atoms with Gasteiger partial charge in [0.05, 0.1) is 23.7 Å². The van der Waals surface area contributed by atoms with E-state index < -0.39 is 63.5 Å². The molecule has 1 radical (unpaired) electrons. The molecule has 1 fully saturated rings. The summed E-state index contributed by atoms with van der Waals surface area (Å²) in [6.45, 7) is 18.8. The minimum atomic E-state index is -3.58. The molecule has 4 rings (SSSR count). The molecule has 291 valence electrons. The van der Waals surface area contributed by atoms with Crippen LogP contribution < -0.4 is 11.0 Å². The summed E-state index contributed by atoms with van der Waals surface area (Å²) < 4.78 is 29.9. The highest BCUT2D eigenvalue weighted by atomic mass is 31.2. The van der Waals surface area contributed by atoms with Gasteiger partial charge in [0.2, 0.25) is 0 Å². The number of nitrogens with one attached hydrogen (secondary N) is 1. The molecule has 0 saturated carbocycles. The molecule has 1 amide bonds. The minimum absolute atomic E-state index is 0.0206. The van der Waals surface area contributed by atoms with Gasteiger partial charge in [0.1, 0.15) is 39.6 Å². The van der Waals surface area contributed by atoms with Gasteiger partial charge in [0.25, 0.3) is 5.91 Å². The number of anilines is 1. The van der Waals surface area contributed by atoms with E-state index in [0.717, 1.165) is 5.56 Å². The number of hydrogen-bond donors (Lipinski definition) is 2. The molecule has 0 bridgehead atoms. The molecule has 13 nitrogen and oxygen atoms in total. The quantitative estimate of drug-likeness (QED) is 0.100. The van der Waals surface area contributed by atoms with Gasteiger partial charge in [0, 0.05) is 23.8 Å². The van der Waals surface area contributed by atoms with Gasteiger partial charge in [-0.2, -0.15) is 14.8 Å². The molecule has 2 aromatic carbocycles. The lowest BCUT2D eigenvalue weighted by Crippen LogP contribution is -2.60. The van der Waals surface area contributed by atoms with Gasteiger partial charge in [-0.3, -0.25) is 9.36 Å². The summed E-state index contributed by atoms with van der Waals surface area (Å²) in [4.78, 5) is 57.4. The number of hydrogen-bond acceptors (Lipinski definition) is 11. The third-order valence-corrected chi connectivity index (χ3v) is 14.1. The van der Waals surface area contributed by atoms with Crippen molar-refractivity contribution in [3.63, 3.8) is 0 Å². The van der Waals surface area contributed by atoms with Crippen molar-refractivity contribution in [2.75, 3.05) is 18.1 Å². The van der Waals surface area contributed by atoms with E-state index in [1.54, 1.807) is 42.5 Å². The van der Waals surface area contributed by atoms with Gasteiger partial charge in [-0.05, 0) is 85.2 Å². The fourth-order valence-electron chi connectivity index (χ4n) is 6.87. The third-order valence-electron chi connectivity index (χ3n) is 8.99. The molecular weight excluding hydrogens is 726 g/mol. The summed E-state index contributed by atoms with van der Waals surface area (Å²) in [7, 11) is -5.38. The van der Waals surface area contributed by atoms with Gasteiger partial charge < -0.3 is 19.5 Å². The number of amides is 1. The number of benzene rings is 2. The lowest BCUT2D eigenvalue weighted by atomic mass is 10.1. The first kappa shape index (κ1) is 42.9. The maximum absolute atomic E-state index is 14.1. The lowest BCUT2D eigenvalue weighted by Gasteiger charge is -2.42. The Bertz CT molecular complexity index is 1860. The van der Waals surface area contributed by atoms with Crippen LogP contribution in [0.15, 0.2) is 71.7 Å². The first-order valence-corrected chi connectivity index (χ1v) is 22.4. The summed E-state index contributed by atoms with van der Waals surface area (Å²) in [6.07, 6.45) is -1.60. The molecule has 0 aliphatic carbocycles. The molecule has 3 aromatic rings. The molecule has 1 unspecified atom stereocenters. The molecule has 5 atom stereocenters. The van der Waals surface area contributed by atoms with Gasteiger partial charge in [-0.15, -0.1) is 4.67 Å². The Hall–Kier alpha value is -3.80. The number of ether oxygens (including phenoxy) is 3. The zero-order valence-electron chi connectivity index (χ0n) is 32.9. The normalized spacial score (nSPS) is 21.3. The number of carbonyl (C=O) groups is 2. The zero-order chi connectivity index (χ0) is 40.0. The number of aromatic nitrogens is 2. The summed E-state index contributed by atoms with van der Waals surface area (Å²) in [5.74, 6) is -0.954. The smallest absolute Gasteiger partial charge is 0.351 e. The largest absolute Gasteiger partial charge is 0.459 e. The topological polar surface area (TPSA) is 165 Å². The fourth-order valence-corrected chi connectivity index (χ4v) is 11.6. The van der Waals surface area contributed by atoms with Crippen LogP contribution in [0.4, 0.5) is 5.82 Å². The highest BCUT2D eigenvalue weighted by molar-refractivity contribution is 7.63. The molecular formula is C39H54N5O8PSi+. The Morgan fingerprint density at radius 2 is 1.72 bits per heavy atom. The summed E-state index contributed by atoms with van der Waals surface area (Å²) in [6, 6.07) is 19.0. The van der Waals surface area contributed by atoms with E-state index in [2.05, 4.69) is 16.4 Å². The van der Waals surface area contributed by atoms with E-state index in [4.69, 9.17) is 18.7 Å². The molecule has 1 aromatic heterocycles. The van der Waals surface area contributed by atoms with E-state index in [-0.39, 0.29) is 37.1 Å². The predicted molar refractivity (Wildman–Crippen MR) is 211 cm³/mol. The van der Waals surface area contributed by atoms with E-state index in [9.17, 15) is 24.5 Å². The van der Waals surface area contributed by atoms with Crippen molar-refractivity contribution in [2.24, 2.45) is 0 Å². The third kappa shape index (κ3) is 9.70. The van der Waals surface area contributed by atoms with Crippen molar-refractivity contribution in [3.8, 4) is 6.07 Å². The number of esters is 1. The summed E-state index contributed by atoms with van der Waals surface area (Å²) >= 11 is 0. The number of aryl methyl sites for hydroxylation is 1. The number of carbonyl (C=O) groups excluding carboxylic acids is 2. The van der Waals surface area contributed by atoms with Crippen LogP contribution in [-0.4, -0.2) is 88.6 Å². The van der Waals surface area contributed by atoms with E-state index in [0.29, 0.717) is 11.1 Å². The monoisotopic (exact) mass is 779 g/mol. The van der Waals surface area contributed by atoms with Gasteiger partial charge >= 0.3 is 19.5 Å². The highest BCUT2D eigenvalue weighted by Crippen LogP contribution is 2.64. The Balaban J connectivity index is 1.88. The first-order chi connectivity index (χ1) is 25.3. The molecule has 1 saturated heterocycles. The van der Waals surface area contributed by atoms with Crippen molar-refractivity contribution in [3.05, 3.63) is 94.0 Å². The molecule has 2 heterocycles. The minimum Gasteiger partial charge on any atom is -0.459 e. The lowest BCUT2D eigenvalue weighted by molar-refractivity contribution is -0.153. The van der Waals surface area contributed by atoms with E-state index in [1.165, 1.54) is 16.8 Å². The molecule has 1 aliphatic heterocycles. The second-order valence-electron chi connectivity index (χ2n) is 15.1. The van der Waals surface area contributed by atoms with Crippen LogP contribution in [0.2, 0.25) is 13.1 Å².